The minimum absolute atomic E-state index is 0.123. The molecule has 0 unspecified atom stereocenters. The molecule has 0 bridgehead atoms. The summed E-state index contributed by atoms with van der Waals surface area (Å²) in [6.07, 6.45) is 1.18. The molecule has 7 heteroatoms. The van der Waals surface area contributed by atoms with Crippen molar-refractivity contribution in [1.29, 1.82) is 0 Å². The first-order valence-corrected chi connectivity index (χ1v) is 11.2. The number of likely N-dealkylation sites (tertiary alicyclic amines) is 1. The molecule has 0 radical (unpaired) electrons. The van der Waals surface area contributed by atoms with Gasteiger partial charge >= 0.3 is 0 Å². The van der Waals surface area contributed by atoms with E-state index in [4.69, 9.17) is 0 Å². The van der Waals surface area contributed by atoms with Gasteiger partial charge in [0, 0.05) is 24.0 Å². The van der Waals surface area contributed by atoms with Crippen molar-refractivity contribution in [1.82, 2.24) is 9.88 Å². The number of benzene rings is 1. The average Bonchev–Trinajstić information content (AvgIpc) is 3.10. The summed E-state index contributed by atoms with van der Waals surface area (Å²) in [5, 5.41) is 5.34. The van der Waals surface area contributed by atoms with Crippen LogP contribution in [0.3, 0.4) is 0 Å². The molecule has 2 atom stereocenters. The number of nitrogens with one attached hydrogen (secondary N) is 1. The quantitative estimate of drug-likeness (QED) is 0.792. The van der Waals surface area contributed by atoms with Gasteiger partial charge in [0.1, 0.15) is 0 Å². The number of nitrogens with zero attached hydrogens (tertiary/aromatic N) is 2. The third kappa shape index (κ3) is 5.81. The molecule has 2 heterocycles. The van der Waals surface area contributed by atoms with Crippen LogP contribution < -0.4 is 5.32 Å². The molecule has 1 aliphatic heterocycles. The Kier molecular flexibility index (Phi) is 6.90. The van der Waals surface area contributed by atoms with Gasteiger partial charge in [0.05, 0.1) is 17.2 Å². The highest BCUT2D eigenvalue weighted by Gasteiger charge is 2.25. The van der Waals surface area contributed by atoms with Crippen LogP contribution in [0.5, 0.6) is 0 Å². The summed E-state index contributed by atoms with van der Waals surface area (Å²) >= 11 is 2.77. The molecule has 1 fully saturated rings. The Bertz CT molecular complexity index is 769. The van der Waals surface area contributed by atoms with Gasteiger partial charge in [-0.3, -0.25) is 9.59 Å². The average molecular weight is 404 g/mol. The van der Waals surface area contributed by atoms with E-state index in [0.29, 0.717) is 22.7 Å². The molecule has 1 N–H and O–H groups in total. The van der Waals surface area contributed by atoms with E-state index in [1.807, 2.05) is 40.6 Å². The van der Waals surface area contributed by atoms with Crippen molar-refractivity contribution in [2.24, 2.45) is 11.8 Å². The number of rotatable bonds is 6. The van der Waals surface area contributed by atoms with Gasteiger partial charge in [0.25, 0.3) is 0 Å². The van der Waals surface area contributed by atoms with Crippen molar-refractivity contribution in [3.63, 3.8) is 0 Å². The van der Waals surface area contributed by atoms with E-state index in [2.05, 4.69) is 24.1 Å². The topological polar surface area (TPSA) is 62.3 Å². The first-order chi connectivity index (χ1) is 13.0. The predicted molar refractivity (Wildman–Crippen MR) is 113 cm³/mol. The van der Waals surface area contributed by atoms with E-state index in [9.17, 15) is 9.59 Å². The third-order valence-electron chi connectivity index (χ3n) is 4.50. The number of amides is 2. The van der Waals surface area contributed by atoms with Gasteiger partial charge < -0.3 is 10.2 Å². The summed E-state index contributed by atoms with van der Waals surface area (Å²) in [7, 11) is 0. The van der Waals surface area contributed by atoms with Crippen molar-refractivity contribution in [3.05, 3.63) is 35.7 Å². The third-order valence-corrected chi connectivity index (χ3v) is 6.18. The van der Waals surface area contributed by atoms with E-state index >= 15 is 0 Å². The van der Waals surface area contributed by atoms with Crippen LogP contribution in [0.25, 0.3) is 11.3 Å². The maximum atomic E-state index is 12.4. The van der Waals surface area contributed by atoms with E-state index in [0.717, 1.165) is 24.3 Å². The van der Waals surface area contributed by atoms with Crippen molar-refractivity contribution < 1.29 is 9.59 Å². The lowest BCUT2D eigenvalue weighted by Crippen LogP contribution is -2.43. The molecule has 0 saturated carbocycles. The van der Waals surface area contributed by atoms with Crippen molar-refractivity contribution in [2.45, 2.75) is 20.3 Å². The Labute approximate surface area is 168 Å². The smallest absolute Gasteiger partial charge is 0.236 e. The maximum Gasteiger partial charge on any atom is 0.236 e. The molecule has 144 valence electrons. The van der Waals surface area contributed by atoms with Crippen LogP contribution in [-0.2, 0) is 9.59 Å². The highest BCUT2D eigenvalue weighted by molar-refractivity contribution is 8.00. The molecule has 0 aliphatic carbocycles. The molecule has 0 spiro atoms. The molecule has 2 aromatic rings. The standard InChI is InChI=1S/C20H25N3O2S2/c1-14-8-15(2)10-23(9-14)19(25)13-26-12-18(24)22-20-21-17(11-27-20)16-6-4-3-5-7-16/h3-7,11,14-15H,8-10,12-13H2,1-2H3,(H,21,22,24)/t14-,15-/m0/s1. The Morgan fingerprint density at radius 3 is 2.59 bits per heavy atom. The molecule has 1 saturated heterocycles. The predicted octanol–water partition coefficient (Wildman–Crippen LogP) is 3.99. The molecule has 5 nitrogen and oxygen atoms in total. The second-order valence-corrected chi connectivity index (χ2v) is 9.03. The Balaban J connectivity index is 1.42. The van der Waals surface area contributed by atoms with Crippen LogP contribution in [0.1, 0.15) is 20.3 Å². The van der Waals surface area contributed by atoms with Gasteiger partial charge in [0.2, 0.25) is 11.8 Å². The number of thioether (sulfide) groups is 1. The van der Waals surface area contributed by atoms with Crippen molar-refractivity contribution in [2.75, 3.05) is 29.9 Å². The fourth-order valence-electron chi connectivity index (χ4n) is 3.42. The van der Waals surface area contributed by atoms with Crippen LogP contribution in [0.2, 0.25) is 0 Å². The second-order valence-electron chi connectivity index (χ2n) is 7.19. The maximum absolute atomic E-state index is 12.4. The van der Waals surface area contributed by atoms with Crippen LogP contribution in [0.15, 0.2) is 35.7 Å². The molecule has 1 aromatic heterocycles. The summed E-state index contributed by atoms with van der Waals surface area (Å²) in [5.41, 5.74) is 1.88. The van der Waals surface area contributed by atoms with Gasteiger partial charge in [-0.1, -0.05) is 44.2 Å². The zero-order valence-corrected chi connectivity index (χ0v) is 17.3. The number of hydrogen-bond donors (Lipinski definition) is 1. The summed E-state index contributed by atoms with van der Waals surface area (Å²) in [6, 6.07) is 9.87. The van der Waals surface area contributed by atoms with Crippen LogP contribution in [0.4, 0.5) is 5.13 Å². The Hall–Kier alpha value is -1.86. The number of hydrogen-bond acceptors (Lipinski definition) is 5. The van der Waals surface area contributed by atoms with E-state index in [1.165, 1.54) is 29.5 Å². The van der Waals surface area contributed by atoms with E-state index < -0.39 is 0 Å². The van der Waals surface area contributed by atoms with Gasteiger partial charge in [-0.05, 0) is 18.3 Å². The van der Waals surface area contributed by atoms with Crippen molar-refractivity contribution >= 4 is 40.0 Å². The SMILES string of the molecule is C[C@H]1C[C@H](C)CN(C(=O)CSCC(=O)Nc2nc(-c3ccccc3)cs2)C1. The van der Waals surface area contributed by atoms with E-state index in [1.54, 1.807) is 0 Å². The molecule has 3 rings (SSSR count). The first-order valence-electron chi connectivity index (χ1n) is 9.17. The largest absolute Gasteiger partial charge is 0.341 e. The zero-order valence-electron chi connectivity index (χ0n) is 15.7. The summed E-state index contributed by atoms with van der Waals surface area (Å²) < 4.78 is 0. The fourth-order valence-corrected chi connectivity index (χ4v) is 4.87. The lowest BCUT2D eigenvalue weighted by Gasteiger charge is -2.35. The van der Waals surface area contributed by atoms with Crippen LogP contribution in [0, 0.1) is 11.8 Å². The minimum atomic E-state index is -0.123. The monoisotopic (exact) mass is 403 g/mol. The number of carbonyl (C=O) groups is 2. The zero-order chi connectivity index (χ0) is 19.2. The van der Waals surface area contributed by atoms with Gasteiger partial charge in [0.15, 0.2) is 5.13 Å². The van der Waals surface area contributed by atoms with Gasteiger partial charge in [-0.2, -0.15) is 0 Å². The minimum Gasteiger partial charge on any atom is -0.341 e. The number of thiazole rings is 1. The molecular weight excluding hydrogens is 378 g/mol. The second kappa shape index (κ2) is 9.37. The van der Waals surface area contributed by atoms with Crippen molar-refractivity contribution in [3.8, 4) is 11.3 Å². The lowest BCUT2D eigenvalue weighted by atomic mass is 9.92. The molecule has 27 heavy (non-hydrogen) atoms. The van der Waals surface area contributed by atoms with Gasteiger partial charge in [-0.25, -0.2) is 4.98 Å². The molecular formula is C20H25N3O2S2. The highest BCUT2D eigenvalue weighted by Crippen LogP contribution is 2.25. The Morgan fingerprint density at radius 2 is 1.89 bits per heavy atom. The molecule has 1 aromatic carbocycles. The molecule has 2 amide bonds. The summed E-state index contributed by atoms with van der Waals surface area (Å²) in [6.45, 7) is 6.04. The normalized spacial score (nSPS) is 19.7. The number of anilines is 1. The summed E-state index contributed by atoms with van der Waals surface area (Å²) in [4.78, 5) is 30.9. The lowest BCUT2D eigenvalue weighted by molar-refractivity contribution is -0.130. The number of piperidine rings is 1. The Morgan fingerprint density at radius 1 is 1.19 bits per heavy atom. The number of carbonyl (C=O) groups excluding carboxylic acids is 2. The number of aromatic nitrogens is 1. The first kappa shape index (κ1) is 19.9. The van der Waals surface area contributed by atoms with Crippen LogP contribution >= 0.6 is 23.1 Å². The fraction of sp³-hybridized carbons (Fsp3) is 0.450. The molecule has 1 aliphatic rings. The van der Waals surface area contributed by atoms with Gasteiger partial charge in [-0.15, -0.1) is 23.1 Å². The van der Waals surface area contributed by atoms with Crippen LogP contribution in [-0.4, -0.2) is 46.3 Å². The summed E-state index contributed by atoms with van der Waals surface area (Å²) in [5.74, 6) is 1.71. The highest BCUT2D eigenvalue weighted by atomic mass is 32.2. The van der Waals surface area contributed by atoms with E-state index in [-0.39, 0.29) is 17.6 Å².